The molecule has 1 aliphatic rings. The van der Waals surface area contributed by atoms with Gasteiger partial charge < -0.3 is 15.2 Å². The number of carbonyl (C=O) groups is 2. The van der Waals surface area contributed by atoms with Gasteiger partial charge in [0.05, 0.1) is 19.0 Å². The van der Waals surface area contributed by atoms with Gasteiger partial charge in [-0.2, -0.15) is 0 Å². The van der Waals surface area contributed by atoms with E-state index in [9.17, 15) is 9.59 Å². The van der Waals surface area contributed by atoms with E-state index >= 15 is 0 Å². The predicted octanol–water partition coefficient (Wildman–Crippen LogP) is 1.01. The van der Waals surface area contributed by atoms with E-state index in [1.165, 1.54) is 0 Å². The summed E-state index contributed by atoms with van der Waals surface area (Å²) in [6.45, 7) is 2.20. The topological polar surface area (TPSA) is 78.9 Å². The van der Waals surface area contributed by atoms with Gasteiger partial charge in [-0.3, -0.25) is 14.5 Å². The van der Waals surface area contributed by atoms with Gasteiger partial charge in [0, 0.05) is 6.54 Å². The molecule has 1 saturated heterocycles. The first-order chi connectivity index (χ1) is 10.1. The third-order valence-electron chi connectivity index (χ3n) is 3.42. The van der Waals surface area contributed by atoms with Crippen molar-refractivity contribution >= 4 is 24.3 Å². The molecule has 1 aliphatic heterocycles. The molecule has 1 aromatic rings. The summed E-state index contributed by atoms with van der Waals surface area (Å²) in [6.07, 6.45) is 0.611. The SMILES string of the molecule is Cl.O=C(CN1CCC(C(=O)O)C1)NCCOc1ccccc1. The van der Waals surface area contributed by atoms with E-state index in [2.05, 4.69) is 5.32 Å². The minimum absolute atomic E-state index is 0. The Morgan fingerprint density at radius 3 is 2.68 bits per heavy atom. The van der Waals surface area contributed by atoms with Crippen LogP contribution in [0.15, 0.2) is 30.3 Å². The number of carbonyl (C=O) groups excluding carboxylic acids is 1. The van der Waals surface area contributed by atoms with Gasteiger partial charge in [0.15, 0.2) is 0 Å². The Balaban J connectivity index is 0.00000242. The number of carboxylic acid groups (broad SMARTS) is 1. The molecule has 1 aromatic carbocycles. The summed E-state index contributed by atoms with van der Waals surface area (Å²) in [4.78, 5) is 24.4. The van der Waals surface area contributed by atoms with E-state index in [4.69, 9.17) is 9.84 Å². The quantitative estimate of drug-likeness (QED) is 0.730. The molecular weight excluding hydrogens is 308 g/mol. The van der Waals surface area contributed by atoms with E-state index in [0.29, 0.717) is 32.7 Å². The van der Waals surface area contributed by atoms with E-state index in [1.54, 1.807) is 0 Å². The van der Waals surface area contributed by atoms with Crippen molar-refractivity contribution < 1.29 is 19.4 Å². The maximum Gasteiger partial charge on any atom is 0.307 e. The minimum Gasteiger partial charge on any atom is -0.492 e. The number of benzene rings is 1. The lowest BCUT2D eigenvalue weighted by molar-refractivity contribution is -0.141. The largest absolute Gasteiger partial charge is 0.492 e. The summed E-state index contributed by atoms with van der Waals surface area (Å²) >= 11 is 0. The van der Waals surface area contributed by atoms with Crippen LogP contribution in [0.5, 0.6) is 5.75 Å². The van der Waals surface area contributed by atoms with E-state index in [-0.39, 0.29) is 30.8 Å². The van der Waals surface area contributed by atoms with E-state index in [0.717, 1.165) is 5.75 Å². The lowest BCUT2D eigenvalue weighted by Gasteiger charge is -2.14. The molecule has 6 nitrogen and oxygen atoms in total. The molecule has 7 heteroatoms. The van der Waals surface area contributed by atoms with Crippen molar-refractivity contribution in [3.8, 4) is 5.75 Å². The second kappa shape index (κ2) is 9.27. The van der Waals surface area contributed by atoms with Gasteiger partial charge in [-0.1, -0.05) is 18.2 Å². The molecule has 2 N–H and O–H groups in total. The van der Waals surface area contributed by atoms with Gasteiger partial charge in [0.25, 0.3) is 0 Å². The molecule has 1 unspecified atom stereocenters. The molecule has 0 spiro atoms. The second-order valence-corrected chi connectivity index (χ2v) is 5.07. The fourth-order valence-electron chi connectivity index (χ4n) is 2.31. The smallest absolute Gasteiger partial charge is 0.307 e. The van der Waals surface area contributed by atoms with Gasteiger partial charge in [0.1, 0.15) is 12.4 Å². The Morgan fingerprint density at radius 2 is 2.05 bits per heavy atom. The molecule has 2 rings (SSSR count). The number of likely N-dealkylation sites (tertiary alicyclic amines) is 1. The number of halogens is 1. The highest BCUT2D eigenvalue weighted by Gasteiger charge is 2.28. The molecule has 0 aliphatic carbocycles. The number of nitrogens with one attached hydrogen (secondary N) is 1. The van der Waals surface area contributed by atoms with Gasteiger partial charge >= 0.3 is 5.97 Å². The molecule has 0 aromatic heterocycles. The highest BCUT2D eigenvalue weighted by molar-refractivity contribution is 5.85. The van der Waals surface area contributed by atoms with Crippen LogP contribution in [0.2, 0.25) is 0 Å². The second-order valence-electron chi connectivity index (χ2n) is 5.07. The van der Waals surface area contributed by atoms with Crippen LogP contribution in [0.25, 0.3) is 0 Å². The number of rotatable bonds is 7. The van der Waals surface area contributed by atoms with Gasteiger partial charge in [-0.05, 0) is 25.1 Å². The molecule has 0 saturated carbocycles. The van der Waals surface area contributed by atoms with Crippen LogP contribution in [0.1, 0.15) is 6.42 Å². The highest BCUT2D eigenvalue weighted by Crippen LogP contribution is 2.15. The van der Waals surface area contributed by atoms with Crippen LogP contribution in [-0.2, 0) is 9.59 Å². The average Bonchev–Trinajstić information content (AvgIpc) is 2.93. The number of amides is 1. The van der Waals surface area contributed by atoms with Crippen molar-refractivity contribution in [1.82, 2.24) is 10.2 Å². The highest BCUT2D eigenvalue weighted by atomic mass is 35.5. The molecule has 0 bridgehead atoms. The third kappa shape index (κ3) is 5.91. The summed E-state index contributed by atoms with van der Waals surface area (Å²) in [5.74, 6) is -0.457. The molecule has 0 radical (unpaired) electrons. The average molecular weight is 329 g/mol. The zero-order valence-electron chi connectivity index (χ0n) is 12.2. The Labute approximate surface area is 135 Å². The van der Waals surface area contributed by atoms with Crippen LogP contribution in [-0.4, -0.2) is 54.7 Å². The number of ether oxygens (including phenoxy) is 1. The Bertz CT molecular complexity index is 484. The number of aliphatic carboxylic acids is 1. The summed E-state index contributed by atoms with van der Waals surface area (Å²) < 4.78 is 5.47. The Morgan fingerprint density at radius 1 is 1.32 bits per heavy atom. The van der Waals surface area contributed by atoms with Crippen LogP contribution >= 0.6 is 12.4 Å². The summed E-state index contributed by atoms with van der Waals surface area (Å²) in [7, 11) is 0. The first-order valence-electron chi connectivity index (χ1n) is 7.05. The van der Waals surface area contributed by atoms with Gasteiger partial charge in [0.2, 0.25) is 5.91 Å². The standard InChI is InChI=1S/C15H20N2O4.ClH/c18-14(11-17-8-6-12(10-17)15(19)20)16-7-9-21-13-4-2-1-3-5-13;/h1-5,12H,6-11H2,(H,16,18)(H,19,20);1H. The molecule has 122 valence electrons. The third-order valence-corrected chi connectivity index (χ3v) is 3.42. The monoisotopic (exact) mass is 328 g/mol. The fraction of sp³-hybridized carbons (Fsp3) is 0.467. The van der Waals surface area contributed by atoms with Gasteiger partial charge in [-0.25, -0.2) is 0 Å². The van der Waals surface area contributed by atoms with Crippen molar-refractivity contribution in [1.29, 1.82) is 0 Å². The van der Waals surface area contributed by atoms with E-state index in [1.807, 2.05) is 35.2 Å². The van der Waals surface area contributed by atoms with Crippen molar-refractivity contribution in [3.05, 3.63) is 30.3 Å². The number of nitrogens with zero attached hydrogens (tertiary/aromatic N) is 1. The number of para-hydroxylation sites is 1. The van der Waals surface area contributed by atoms with Crippen LogP contribution in [0, 0.1) is 5.92 Å². The summed E-state index contributed by atoms with van der Waals surface area (Å²) in [6, 6.07) is 9.41. The van der Waals surface area contributed by atoms with Crippen LogP contribution in [0.4, 0.5) is 0 Å². The first kappa shape index (κ1) is 18.3. The van der Waals surface area contributed by atoms with Crippen molar-refractivity contribution in [3.63, 3.8) is 0 Å². The molecular formula is C15H21ClN2O4. The van der Waals surface area contributed by atoms with Crippen molar-refractivity contribution in [2.45, 2.75) is 6.42 Å². The fourth-order valence-corrected chi connectivity index (χ4v) is 2.31. The number of carboxylic acids is 1. The molecule has 1 heterocycles. The summed E-state index contributed by atoms with van der Waals surface area (Å²) in [5, 5.41) is 11.7. The Hall–Kier alpha value is -1.79. The maximum absolute atomic E-state index is 11.7. The van der Waals surface area contributed by atoms with Crippen molar-refractivity contribution in [2.24, 2.45) is 5.92 Å². The number of hydrogen-bond acceptors (Lipinski definition) is 4. The predicted molar refractivity (Wildman–Crippen MR) is 84.4 cm³/mol. The Kier molecular flexibility index (Phi) is 7.70. The van der Waals surface area contributed by atoms with Gasteiger partial charge in [-0.15, -0.1) is 12.4 Å². The van der Waals surface area contributed by atoms with Crippen LogP contribution < -0.4 is 10.1 Å². The maximum atomic E-state index is 11.7. The lowest BCUT2D eigenvalue weighted by atomic mass is 10.1. The number of hydrogen-bond donors (Lipinski definition) is 2. The lowest BCUT2D eigenvalue weighted by Crippen LogP contribution is -2.38. The first-order valence-corrected chi connectivity index (χ1v) is 7.05. The normalized spacial score (nSPS) is 17.5. The molecule has 22 heavy (non-hydrogen) atoms. The minimum atomic E-state index is -0.783. The molecule has 1 atom stereocenters. The molecule has 1 amide bonds. The van der Waals surface area contributed by atoms with Crippen molar-refractivity contribution in [2.75, 3.05) is 32.8 Å². The zero-order valence-corrected chi connectivity index (χ0v) is 13.1. The van der Waals surface area contributed by atoms with Crippen LogP contribution in [0.3, 0.4) is 0 Å². The summed E-state index contributed by atoms with van der Waals surface area (Å²) in [5.41, 5.74) is 0. The van der Waals surface area contributed by atoms with E-state index < -0.39 is 5.97 Å². The zero-order chi connectivity index (χ0) is 15.1. The molecule has 1 fully saturated rings.